The maximum Gasteiger partial charge on any atom is 0.00313 e. The second kappa shape index (κ2) is 12.3. The number of unbranched alkanes of at least 4 members (excludes halogenated alkanes) is 4. The third kappa shape index (κ3) is 10.5. The zero-order valence-electron chi connectivity index (χ0n) is 10.5. The molecule has 0 nitrogen and oxygen atoms in total. The summed E-state index contributed by atoms with van der Waals surface area (Å²) >= 11 is 3.49. The van der Waals surface area contributed by atoms with E-state index in [4.69, 9.17) is 0 Å². The molecule has 0 amide bonds. The van der Waals surface area contributed by atoms with Gasteiger partial charge in [0.25, 0.3) is 0 Å². The topological polar surface area (TPSA) is 0 Å². The summed E-state index contributed by atoms with van der Waals surface area (Å²) in [5, 5.41) is 1.16. The largest absolute Gasteiger partial charge is 0.0928 e. The number of halogens is 1. The number of hydrogen-bond acceptors (Lipinski definition) is 0. The summed E-state index contributed by atoms with van der Waals surface area (Å²) < 4.78 is 0. The van der Waals surface area contributed by atoms with E-state index in [0.29, 0.717) is 0 Å². The van der Waals surface area contributed by atoms with E-state index in [1.807, 2.05) is 0 Å². The van der Waals surface area contributed by atoms with Crippen LogP contribution in [0.15, 0.2) is 11.6 Å². The average molecular weight is 275 g/mol. The second-order valence-corrected chi connectivity index (χ2v) is 5.05. The van der Waals surface area contributed by atoms with Gasteiger partial charge in [-0.15, -0.1) is 0 Å². The normalized spacial score (nSPS) is 12.1. The molecule has 0 atom stereocenters. The third-order valence-electron chi connectivity index (χ3n) is 2.70. The molecule has 1 heteroatoms. The maximum absolute atomic E-state index is 3.49. The van der Waals surface area contributed by atoms with E-state index in [2.05, 4.69) is 35.9 Å². The highest BCUT2D eigenvalue weighted by Gasteiger charge is 1.97. The summed E-state index contributed by atoms with van der Waals surface area (Å²) in [6, 6.07) is 0. The van der Waals surface area contributed by atoms with E-state index >= 15 is 0 Å². The van der Waals surface area contributed by atoms with Gasteiger partial charge in [0.1, 0.15) is 0 Å². The molecule has 0 N–H and O–H groups in total. The molecular weight excluding hydrogens is 248 g/mol. The minimum absolute atomic E-state index is 1.16. The van der Waals surface area contributed by atoms with Crippen molar-refractivity contribution >= 4 is 15.9 Å². The lowest BCUT2D eigenvalue weighted by Crippen LogP contribution is -1.87. The van der Waals surface area contributed by atoms with Crippen molar-refractivity contribution in [2.24, 2.45) is 0 Å². The Morgan fingerprint density at radius 1 is 0.933 bits per heavy atom. The van der Waals surface area contributed by atoms with E-state index in [9.17, 15) is 0 Å². The highest BCUT2D eigenvalue weighted by atomic mass is 79.9. The molecule has 0 aromatic heterocycles. The molecule has 0 aromatic rings. The minimum atomic E-state index is 1.16. The second-order valence-electron chi connectivity index (χ2n) is 4.25. The Morgan fingerprint density at radius 2 is 1.67 bits per heavy atom. The number of hydrogen-bond donors (Lipinski definition) is 0. The predicted molar refractivity (Wildman–Crippen MR) is 74.8 cm³/mol. The van der Waals surface area contributed by atoms with Gasteiger partial charge in [0.05, 0.1) is 0 Å². The van der Waals surface area contributed by atoms with E-state index in [1.54, 1.807) is 5.57 Å². The first-order valence-electron chi connectivity index (χ1n) is 6.59. The Morgan fingerprint density at radius 3 is 2.27 bits per heavy atom. The van der Waals surface area contributed by atoms with Gasteiger partial charge in [0.15, 0.2) is 0 Å². The fourth-order valence-electron chi connectivity index (χ4n) is 1.70. The van der Waals surface area contributed by atoms with Gasteiger partial charge < -0.3 is 0 Å². The molecule has 0 spiro atoms. The van der Waals surface area contributed by atoms with Gasteiger partial charge in [-0.05, 0) is 38.5 Å². The maximum atomic E-state index is 3.49. The smallest absolute Gasteiger partial charge is 0.00313 e. The summed E-state index contributed by atoms with van der Waals surface area (Å²) in [7, 11) is 0. The molecule has 0 unspecified atom stereocenters. The van der Waals surface area contributed by atoms with Gasteiger partial charge in [0.2, 0.25) is 0 Å². The summed E-state index contributed by atoms with van der Waals surface area (Å²) in [6.07, 6.45) is 14.5. The van der Waals surface area contributed by atoms with Crippen LogP contribution in [0.2, 0.25) is 0 Å². The van der Waals surface area contributed by atoms with Crippen LogP contribution in [0.5, 0.6) is 0 Å². The van der Waals surface area contributed by atoms with Crippen LogP contribution in [0.25, 0.3) is 0 Å². The van der Waals surface area contributed by atoms with E-state index < -0.39 is 0 Å². The summed E-state index contributed by atoms with van der Waals surface area (Å²) in [4.78, 5) is 0. The molecule has 0 saturated heterocycles. The molecular formula is C14H27Br. The lowest BCUT2D eigenvalue weighted by atomic mass is 10.0. The van der Waals surface area contributed by atoms with E-state index in [1.165, 1.54) is 57.8 Å². The number of alkyl halides is 1. The quantitative estimate of drug-likeness (QED) is 0.266. The van der Waals surface area contributed by atoms with Gasteiger partial charge in [-0.1, -0.05) is 60.7 Å². The Kier molecular flexibility index (Phi) is 12.5. The molecule has 15 heavy (non-hydrogen) atoms. The van der Waals surface area contributed by atoms with Crippen LogP contribution >= 0.6 is 15.9 Å². The lowest BCUT2D eigenvalue weighted by molar-refractivity contribution is 0.677. The molecule has 0 rings (SSSR count). The van der Waals surface area contributed by atoms with Crippen LogP contribution in [0.4, 0.5) is 0 Å². The summed E-state index contributed by atoms with van der Waals surface area (Å²) in [6.45, 7) is 4.54. The molecule has 0 bridgehead atoms. The molecule has 0 fully saturated rings. The Hall–Kier alpha value is 0.220. The highest BCUT2D eigenvalue weighted by molar-refractivity contribution is 9.09. The Bertz CT molecular complexity index is 149. The molecule has 0 aromatic carbocycles. The molecule has 0 aliphatic carbocycles. The SMILES string of the molecule is CCC/C=C(\CCCC)CCCCCBr. The van der Waals surface area contributed by atoms with Crippen molar-refractivity contribution in [3.8, 4) is 0 Å². The molecule has 90 valence electrons. The molecule has 0 aliphatic rings. The molecule has 0 heterocycles. The van der Waals surface area contributed by atoms with Crippen LogP contribution in [0, 0.1) is 0 Å². The Labute approximate surface area is 105 Å². The molecule has 0 saturated carbocycles. The zero-order valence-corrected chi connectivity index (χ0v) is 12.1. The van der Waals surface area contributed by atoms with Crippen molar-refractivity contribution in [2.45, 2.75) is 71.6 Å². The van der Waals surface area contributed by atoms with Gasteiger partial charge in [0, 0.05) is 5.33 Å². The summed E-state index contributed by atoms with van der Waals surface area (Å²) in [5.74, 6) is 0. The van der Waals surface area contributed by atoms with Crippen molar-refractivity contribution in [2.75, 3.05) is 5.33 Å². The highest BCUT2D eigenvalue weighted by Crippen LogP contribution is 2.17. The predicted octanol–water partition coefficient (Wildman–Crippen LogP) is 5.86. The fraction of sp³-hybridized carbons (Fsp3) is 0.857. The van der Waals surface area contributed by atoms with Gasteiger partial charge in [-0.25, -0.2) is 0 Å². The fourth-order valence-corrected chi connectivity index (χ4v) is 2.10. The van der Waals surface area contributed by atoms with Gasteiger partial charge in [-0.2, -0.15) is 0 Å². The van der Waals surface area contributed by atoms with E-state index in [0.717, 1.165) is 5.33 Å². The van der Waals surface area contributed by atoms with Crippen LogP contribution in [0.3, 0.4) is 0 Å². The molecule has 0 aliphatic heterocycles. The first kappa shape index (κ1) is 15.2. The van der Waals surface area contributed by atoms with Crippen molar-refractivity contribution < 1.29 is 0 Å². The lowest BCUT2D eigenvalue weighted by Gasteiger charge is -2.06. The van der Waals surface area contributed by atoms with Crippen molar-refractivity contribution in [1.29, 1.82) is 0 Å². The average Bonchev–Trinajstić information content (AvgIpc) is 2.27. The summed E-state index contributed by atoms with van der Waals surface area (Å²) in [5.41, 5.74) is 1.72. The van der Waals surface area contributed by atoms with Crippen LogP contribution in [-0.2, 0) is 0 Å². The number of rotatable bonds is 10. The zero-order chi connectivity index (χ0) is 11.4. The van der Waals surface area contributed by atoms with Crippen LogP contribution in [0.1, 0.15) is 71.6 Å². The minimum Gasteiger partial charge on any atom is -0.0928 e. The standard InChI is InChI=1S/C14H27Br/c1-3-5-10-14(11-6-4-2)12-8-7-9-13-15/h10H,3-9,11-13H2,1-2H3/b14-10+. The Balaban J connectivity index is 3.69. The van der Waals surface area contributed by atoms with Gasteiger partial charge >= 0.3 is 0 Å². The van der Waals surface area contributed by atoms with Crippen LogP contribution in [-0.4, -0.2) is 5.33 Å². The van der Waals surface area contributed by atoms with Crippen molar-refractivity contribution in [3.05, 3.63) is 11.6 Å². The first-order chi connectivity index (χ1) is 7.35. The van der Waals surface area contributed by atoms with Crippen molar-refractivity contribution in [1.82, 2.24) is 0 Å². The van der Waals surface area contributed by atoms with Gasteiger partial charge in [-0.3, -0.25) is 0 Å². The third-order valence-corrected chi connectivity index (χ3v) is 3.27. The number of allylic oxidation sites excluding steroid dienone is 2. The first-order valence-corrected chi connectivity index (χ1v) is 7.71. The molecule has 0 radical (unpaired) electrons. The van der Waals surface area contributed by atoms with Crippen molar-refractivity contribution in [3.63, 3.8) is 0 Å². The van der Waals surface area contributed by atoms with E-state index in [-0.39, 0.29) is 0 Å². The monoisotopic (exact) mass is 274 g/mol. The van der Waals surface area contributed by atoms with Crippen LogP contribution < -0.4 is 0 Å².